The van der Waals surface area contributed by atoms with Crippen molar-refractivity contribution in [2.24, 2.45) is 0 Å². The Kier molecular flexibility index (Phi) is 6.18. The number of likely N-dealkylation sites (tertiary alicyclic amines) is 1. The van der Waals surface area contributed by atoms with Crippen LogP contribution in [0.5, 0.6) is 0 Å². The van der Waals surface area contributed by atoms with Crippen molar-refractivity contribution in [2.45, 2.75) is 56.1 Å². The molecular weight excluding hydrogens is 416 g/mol. The lowest BCUT2D eigenvalue weighted by Crippen LogP contribution is -2.48. The number of rotatable bonds is 5. The maximum absolute atomic E-state index is 12.9. The lowest BCUT2D eigenvalue weighted by atomic mass is 9.91. The molecule has 0 spiro atoms. The van der Waals surface area contributed by atoms with Crippen LogP contribution in [0, 0.1) is 6.92 Å². The monoisotopic (exact) mass is 446 g/mol. The molecule has 2 aromatic rings. The summed E-state index contributed by atoms with van der Waals surface area (Å²) in [6.07, 6.45) is 7.37. The van der Waals surface area contributed by atoms with Gasteiger partial charge in [0, 0.05) is 44.1 Å². The van der Waals surface area contributed by atoms with E-state index in [0.717, 1.165) is 25.1 Å². The summed E-state index contributed by atoms with van der Waals surface area (Å²) < 4.78 is 29.0. The number of sulfonamides is 1. The quantitative estimate of drug-likeness (QED) is 0.758. The molecule has 0 saturated carbocycles. The Bertz CT molecular complexity index is 1020. The van der Waals surface area contributed by atoms with Gasteiger partial charge in [0.05, 0.1) is 17.0 Å². The second-order valence-electron chi connectivity index (χ2n) is 8.61. The number of imidazole rings is 1. The average Bonchev–Trinajstić information content (AvgIpc) is 3.18. The molecule has 8 nitrogen and oxygen atoms in total. The Labute approximate surface area is 183 Å². The van der Waals surface area contributed by atoms with Gasteiger partial charge in [-0.25, -0.2) is 13.4 Å². The zero-order chi connectivity index (χ0) is 22.1. The number of hydrogen-bond acceptors (Lipinski definition) is 5. The average molecular weight is 447 g/mol. The Morgan fingerprint density at radius 2 is 1.71 bits per heavy atom. The van der Waals surface area contributed by atoms with Crippen LogP contribution in [0.2, 0.25) is 0 Å². The predicted molar refractivity (Wildman–Crippen MR) is 116 cm³/mol. The summed E-state index contributed by atoms with van der Waals surface area (Å²) >= 11 is 0. The third-order valence-electron chi connectivity index (χ3n) is 6.42. The van der Waals surface area contributed by atoms with Crippen LogP contribution >= 0.6 is 0 Å². The molecule has 31 heavy (non-hydrogen) atoms. The molecule has 2 aliphatic rings. The fourth-order valence-corrected chi connectivity index (χ4v) is 5.90. The summed E-state index contributed by atoms with van der Waals surface area (Å²) in [5.74, 6) is 0.717. The molecule has 1 aromatic carbocycles. The first kappa shape index (κ1) is 22.0. The lowest BCUT2D eigenvalue weighted by molar-refractivity contribution is -0.0295. The molecule has 4 rings (SSSR count). The van der Waals surface area contributed by atoms with Gasteiger partial charge in [0.2, 0.25) is 10.0 Å². The van der Waals surface area contributed by atoms with Gasteiger partial charge < -0.3 is 14.6 Å². The molecule has 0 bridgehead atoms. The maximum Gasteiger partial charge on any atom is 0.253 e. The predicted octanol–water partition coefficient (Wildman–Crippen LogP) is 2.03. The Balaban J connectivity index is 1.38. The van der Waals surface area contributed by atoms with Gasteiger partial charge in [-0.3, -0.25) is 4.79 Å². The van der Waals surface area contributed by atoms with E-state index in [1.807, 2.05) is 17.7 Å². The van der Waals surface area contributed by atoms with Crippen molar-refractivity contribution in [3.8, 4) is 0 Å². The van der Waals surface area contributed by atoms with Gasteiger partial charge in [-0.1, -0.05) is 6.42 Å². The Hall–Kier alpha value is -2.23. The Morgan fingerprint density at radius 3 is 2.29 bits per heavy atom. The number of carbonyl (C=O) groups is 1. The van der Waals surface area contributed by atoms with Gasteiger partial charge in [-0.15, -0.1) is 0 Å². The van der Waals surface area contributed by atoms with E-state index in [9.17, 15) is 18.3 Å². The summed E-state index contributed by atoms with van der Waals surface area (Å²) in [6.45, 7) is 4.38. The van der Waals surface area contributed by atoms with Crippen LogP contribution in [0.25, 0.3) is 0 Å². The highest BCUT2D eigenvalue weighted by Gasteiger charge is 2.35. The third-order valence-corrected chi connectivity index (χ3v) is 8.34. The van der Waals surface area contributed by atoms with E-state index in [1.165, 1.54) is 16.4 Å². The van der Waals surface area contributed by atoms with Crippen molar-refractivity contribution in [1.29, 1.82) is 0 Å². The van der Waals surface area contributed by atoms with Crippen LogP contribution in [0.15, 0.2) is 41.6 Å². The number of hydrogen-bond donors (Lipinski definition) is 1. The van der Waals surface area contributed by atoms with Crippen molar-refractivity contribution in [2.75, 3.05) is 26.2 Å². The first-order valence-corrected chi connectivity index (χ1v) is 12.3. The van der Waals surface area contributed by atoms with Gasteiger partial charge in [-0.2, -0.15) is 4.31 Å². The van der Waals surface area contributed by atoms with Gasteiger partial charge in [0.1, 0.15) is 5.82 Å². The number of nitrogens with zero attached hydrogens (tertiary/aromatic N) is 4. The van der Waals surface area contributed by atoms with E-state index in [2.05, 4.69) is 4.98 Å². The number of carbonyl (C=O) groups excluding carboxylic acids is 1. The molecule has 2 fully saturated rings. The van der Waals surface area contributed by atoms with Crippen LogP contribution in [0.3, 0.4) is 0 Å². The van der Waals surface area contributed by atoms with Crippen LogP contribution in [-0.2, 0) is 16.6 Å². The molecule has 9 heteroatoms. The largest absolute Gasteiger partial charge is 0.388 e. The lowest BCUT2D eigenvalue weighted by Gasteiger charge is -2.38. The van der Waals surface area contributed by atoms with Gasteiger partial charge in [0.25, 0.3) is 5.91 Å². The van der Waals surface area contributed by atoms with E-state index in [4.69, 9.17) is 0 Å². The van der Waals surface area contributed by atoms with Crippen LogP contribution in [0.1, 0.15) is 48.3 Å². The maximum atomic E-state index is 12.9. The SMILES string of the molecule is Cc1nccn1CC1(O)CCN(C(=O)c2ccc(S(=O)(=O)N3CCCCC3)cc2)CC1. The van der Waals surface area contributed by atoms with E-state index in [0.29, 0.717) is 51.1 Å². The number of amides is 1. The minimum absolute atomic E-state index is 0.136. The summed E-state index contributed by atoms with van der Waals surface area (Å²) in [5, 5.41) is 10.9. The third kappa shape index (κ3) is 4.68. The molecule has 2 saturated heterocycles. The van der Waals surface area contributed by atoms with Gasteiger partial charge >= 0.3 is 0 Å². The van der Waals surface area contributed by atoms with Crippen molar-refractivity contribution >= 4 is 15.9 Å². The van der Waals surface area contributed by atoms with Crippen molar-refractivity contribution < 1.29 is 18.3 Å². The summed E-state index contributed by atoms with van der Waals surface area (Å²) in [5.41, 5.74) is -0.400. The minimum atomic E-state index is -3.51. The summed E-state index contributed by atoms with van der Waals surface area (Å²) in [6, 6.07) is 6.24. The number of benzene rings is 1. The molecule has 1 amide bonds. The molecule has 2 aliphatic heterocycles. The molecule has 0 aliphatic carbocycles. The topological polar surface area (TPSA) is 95.7 Å². The molecule has 0 radical (unpaired) electrons. The van der Waals surface area contributed by atoms with E-state index in [1.54, 1.807) is 23.2 Å². The van der Waals surface area contributed by atoms with E-state index >= 15 is 0 Å². The van der Waals surface area contributed by atoms with Crippen LogP contribution in [-0.4, -0.2) is 70.0 Å². The summed E-state index contributed by atoms with van der Waals surface area (Å²) in [7, 11) is -3.51. The van der Waals surface area contributed by atoms with Crippen molar-refractivity contribution in [3.05, 3.63) is 48.0 Å². The molecular formula is C22H30N4O4S. The summed E-state index contributed by atoms with van der Waals surface area (Å²) in [4.78, 5) is 19.1. The normalized spacial score (nSPS) is 20.0. The number of piperidine rings is 2. The zero-order valence-corrected chi connectivity index (χ0v) is 18.7. The van der Waals surface area contributed by atoms with Crippen LogP contribution < -0.4 is 0 Å². The molecule has 1 aromatic heterocycles. The number of aliphatic hydroxyl groups is 1. The second kappa shape index (κ2) is 8.72. The number of aryl methyl sites for hydroxylation is 1. The molecule has 0 atom stereocenters. The smallest absolute Gasteiger partial charge is 0.253 e. The fraction of sp³-hybridized carbons (Fsp3) is 0.545. The first-order chi connectivity index (χ1) is 14.8. The second-order valence-corrected chi connectivity index (χ2v) is 10.5. The molecule has 168 valence electrons. The fourth-order valence-electron chi connectivity index (χ4n) is 4.38. The van der Waals surface area contributed by atoms with E-state index in [-0.39, 0.29) is 10.8 Å². The Morgan fingerprint density at radius 1 is 1.06 bits per heavy atom. The highest BCUT2D eigenvalue weighted by atomic mass is 32.2. The highest BCUT2D eigenvalue weighted by Crippen LogP contribution is 2.26. The van der Waals surface area contributed by atoms with Gasteiger partial charge in [-0.05, 0) is 56.9 Å². The van der Waals surface area contributed by atoms with Gasteiger partial charge in [0.15, 0.2) is 0 Å². The standard InChI is InChI=1S/C22H30N4O4S/c1-18-23-11-16-25(18)17-22(28)9-14-24(15-10-22)21(27)19-5-7-20(8-6-19)31(29,30)26-12-3-2-4-13-26/h5-8,11,16,28H,2-4,9-10,12-15,17H2,1H3. The zero-order valence-electron chi connectivity index (χ0n) is 17.9. The van der Waals surface area contributed by atoms with E-state index < -0.39 is 15.6 Å². The first-order valence-electron chi connectivity index (χ1n) is 10.9. The van der Waals surface area contributed by atoms with Crippen molar-refractivity contribution in [1.82, 2.24) is 18.8 Å². The van der Waals surface area contributed by atoms with Crippen LogP contribution in [0.4, 0.5) is 0 Å². The highest BCUT2D eigenvalue weighted by molar-refractivity contribution is 7.89. The number of aromatic nitrogens is 2. The molecule has 1 N–H and O–H groups in total. The minimum Gasteiger partial charge on any atom is -0.388 e. The molecule has 0 unspecified atom stereocenters. The molecule has 3 heterocycles. The van der Waals surface area contributed by atoms with Crippen molar-refractivity contribution in [3.63, 3.8) is 0 Å².